The first-order chi connectivity index (χ1) is 12.1. The maximum absolute atomic E-state index is 12.5. The molecule has 0 amide bonds. The van der Waals surface area contributed by atoms with E-state index in [1.807, 2.05) is 13.0 Å². The van der Waals surface area contributed by atoms with Gasteiger partial charge in [0.25, 0.3) is 0 Å². The van der Waals surface area contributed by atoms with E-state index in [4.69, 9.17) is 0 Å². The van der Waals surface area contributed by atoms with E-state index in [2.05, 4.69) is 20.4 Å². The van der Waals surface area contributed by atoms with E-state index in [1.165, 1.54) is 6.07 Å². The molecule has 26 heavy (non-hydrogen) atoms. The Labute approximate surface area is 168 Å². The van der Waals surface area contributed by atoms with E-state index < -0.39 is 6.61 Å². The van der Waals surface area contributed by atoms with Crippen LogP contribution < -0.4 is 15.4 Å². The van der Waals surface area contributed by atoms with Crippen LogP contribution in [0.25, 0.3) is 0 Å². The number of halogens is 3. The van der Waals surface area contributed by atoms with Gasteiger partial charge in [-0.2, -0.15) is 8.78 Å². The van der Waals surface area contributed by atoms with Crippen LogP contribution in [0.15, 0.2) is 53.5 Å². The minimum Gasteiger partial charge on any atom is -0.508 e. The quantitative estimate of drug-likeness (QED) is 0.322. The number of para-hydroxylation sites is 1. The fraction of sp³-hybridized carbons (Fsp3) is 0.278. The van der Waals surface area contributed by atoms with Gasteiger partial charge >= 0.3 is 6.61 Å². The molecule has 0 heterocycles. The van der Waals surface area contributed by atoms with Crippen LogP contribution in [-0.2, 0) is 13.1 Å². The van der Waals surface area contributed by atoms with Crippen molar-refractivity contribution in [3.63, 3.8) is 0 Å². The van der Waals surface area contributed by atoms with Crippen LogP contribution in [0.4, 0.5) is 8.78 Å². The Morgan fingerprint density at radius 2 is 1.92 bits per heavy atom. The van der Waals surface area contributed by atoms with Crippen molar-refractivity contribution in [2.75, 3.05) is 6.54 Å². The molecule has 0 saturated heterocycles. The molecule has 3 N–H and O–H groups in total. The van der Waals surface area contributed by atoms with E-state index >= 15 is 0 Å². The molecule has 2 aromatic rings. The molecule has 0 aliphatic carbocycles. The highest BCUT2D eigenvalue weighted by Gasteiger charge is 2.09. The number of aromatic hydroxyl groups is 1. The number of benzene rings is 2. The lowest BCUT2D eigenvalue weighted by molar-refractivity contribution is -0.0504. The number of rotatable bonds is 7. The molecule has 2 aromatic carbocycles. The standard InChI is InChI=1S/C18H21F2N3O2.HI/c1-2-21-18(22-11-13-6-5-8-15(24)10-13)23-12-14-7-3-4-9-16(14)25-17(19)20;/h3-10,17,24H,2,11-12H2,1H3,(H2,21,22,23);1H. The van der Waals surface area contributed by atoms with Crippen molar-refractivity contribution in [3.8, 4) is 11.5 Å². The summed E-state index contributed by atoms with van der Waals surface area (Å²) in [4.78, 5) is 4.42. The highest BCUT2D eigenvalue weighted by molar-refractivity contribution is 14.0. The summed E-state index contributed by atoms with van der Waals surface area (Å²) in [5.41, 5.74) is 1.46. The highest BCUT2D eigenvalue weighted by Crippen LogP contribution is 2.20. The minimum absolute atomic E-state index is 0. The fourth-order valence-corrected chi connectivity index (χ4v) is 2.21. The molecule has 142 valence electrons. The lowest BCUT2D eigenvalue weighted by Crippen LogP contribution is -2.36. The Hall–Kier alpha value is -2.10. The normalized spacial score (nSPS) is 11.0. The molecular formula is C18H22F2IN3O2. The smallest absolute Gasteiger partial charge is 0.387 e. The molecule has 0 unspecified atom stereocenters. The van der Waals surface area contributed by atoms with Crippen molar-refractivity contribution in [2.45, 2.75) is 26.6 Å². The molecule has 0 aliphatic rings. The maximum Gasteiger partial charge on any atom is 0.387 e. The summed E-state index contributed by atoms with van der Waals surface area (Å²) in [5.74, 6) is 0.857. The molecule has 2 rings (SSSR count). The van der Waals surface area contributed by atoms with Gasteiger partial charge in [-0.15, -0.1) is 24.0 Å². The van der Waals surface area contributed by atoms with Crippen molar-refractivity contribution in [2.24, 2.45) is 4.99 Å². The number of nitrogens with one attached hydrogen (secondary N) is 2. The van der Waals surface area contributed by atoms with Crippen LogP contribution in [-0.4, -0.2) is 24.2 Å². The molecular weight excluding hydrogens is 455 g/mol. The van der Waals surface area contributed by atoms with Crippen molar-refractivity contribution in [1.29, 1.82) is 0 Å². The number of nitrogens with zero attached hydrogens (tertiary/aromatic N) is 1. The molecule has 0 aliphatic heterocycles. The van der Waals surface area contributed by atoms with Gasteiger partial charge in [0.15, 0.2) is 5.96 Å². The molecule has 0 saturated carbocycles. The van der Waals surface area contributed by atoms with E-state index in [-0.39, 0.29) is 42.0 Å². The number of aliphatic imine (C=N–C) groups is 1. The number of phenolic OH excluding ortho intramolecular Hbond substituents is 1. The monoisotopic (exact) mass is 477 g/mol. The van der Waals surface area contributed by atoms with Gasteiger partial charge in [-0.3, -0.25) is 0 Å². The molecule has 0 radical (unpaired) electrons. The minimum atomic E-state index is -2.87. The lowest BCUT2D eigenvalue weighted by atomic mass is 10.2. The third-order valence-electron chi connectivity index (χ3n) is 3.31. The Bertz CT molecular complexity index is 714. The van der Waals surface area contributed by atoms with Crippen LogP contribution in [0, 0.1) is 0 Å². The number of guanidine groups is 1. The van der Waals surface area contributed by atoms with Gasteiger partial charge in [-0.05, 0) is 30.7 Å². The van der Waals surface area contributed by atoms with Gasteiger partial charge in [0.1, 0.15) is 11.5 Å². The fourth-order valence-electron chi connectivity index (χ4n) is 2.21. The van der Waals surface area contributed by atoms with Crippen LogP contribution >= 0.6 is 24.0 Å². The Morgan fingerprint density at radius 3 is 2.62 bits per heavy atom. The van der Waals surface area contributed by atoms with Gasteiger partial charge in [-0.25, -0.2) is 4.99 Å². The molecule has 0 fully saturated rings. The lowest BCUT2D eigenvalue weighted by Gasteiger charge is -2.14. The summed E-state index contributed by atoms with van der Waals surface area (Å²) in [6, 6.07) is 13.4. The number of hydrogen-bond donors (Lipinski definition) is 3. The summed E-state index contributed by atoms with van der Waals surface area (Å²) in [7, 11) is 0. The predicted octanol–water partition coefficient (Wildman–Crippen LogP) is 3.87. The van der Waals surface area contributed by atoms with Gasteiger partial charge in [0.05, 0.1) is 6.54 Å². The maximum atomic E-state index is 12.5. The molecule has 0 aromatic heterocycles. The SMILES string of the molecule is CCNC(=NCc1cccc(O)c1)NCc1ccccc1OC(F)F.I. The Balaban J connectivity index is 0.00000338. The second-order valence-corrected chi connectivity index (χ2v) is 5.20. The third-order valence-corrected chi connectivity index (χ3v) is 3.31. The molecule has 5 nitrogen and oxygen atoms in total. The largest absolute Gasteiger partial charge is 0.508 e. The zero-order chi connectivity index (χ0) is 18.1. The average Bonchev–Trinajstić information content (AvgIpc) is 2.58. The van der Waals surface area contributed by atoms with Crippen LogP contribution in [0.3, 0.4) is 0 Å². The number of phenols is 1. The summed E-state index contributed by atoms with van der Waals surface area (Å²) in [6.45, 7) is 0.377. The first-order valence-corrected chi connectivity index (χ1v) is 7.91. The Morgan fingerprint density at radius 1 is 1.15 bits per heavy atom. The summed E-state index contributed by atoms with van der Waals surface area (Å²) in [5, 5.41) is 15.7. The van der Waals surface area contributed by atoms with Gasteiger partial charge in [0, 0.05) is 18.7 Å². The van der Waals surface area contributed by atoms with E-state index in [0.717, 1.165) is 5.56 Å². The molecule has 0 bridgehead atoms. The first-order valence-electron chi connectivity index (χ1n) is 7.91. The zero-order valence-electron chi connectivity index (χ0n) is 14.3. The number of alkyl halides is 2. The molecule has 0 atom stereocenters. The van der Waals surface area contributed by atoms with Crippen molar-refractivity contribution >= 4 is 29.9 Å². The van der Waals surface area contributed by atoms with Gasteiger partial charge in [0.2, 0.25) is 0 Å². The van der Waals surface area contributed by atoms with Gasteiger partial charge in [-0.1, -0.05) is 30.3 Å². The molecule has 8 heteroatoms. The van der Waals surface area contributed by atoms with Crippen molar-refractivity contribution in [1.82, 2.24) is 10.6 Å². The molecule has 0 spiro atoms. The predicted molar refractivity (Wildman–Crippen MR) is 108 cm³/mol. The first kappa shape index (κ1) is 21.9. The van der Waals surface area contributed by atoms with E-state index in [0.29, 0.717) is 24.6 Å². The number of hydrogen-bond acceptors (Lipinski definition) is 3. The van der Waals surface area contributed by atoms with Crippen molar-refractivity contribution < 1.29 is 18.6 Å². The summed E-state index contributed by atoms with van der Waals surface area (Å²) >= 11 is 0. The summed E-state index contributed by atoms with van der Waals surface area (Å²) in [6.07, 6.45) is 0. The van der Waals surface area contributed by atoms with Crippen LogP contribution in [0.1, 0.15) is 18.1 Å². The zero-order valence-corrected chi connectivity index (χ0v) is 16.6. The number of ether oxygens (including phenoxy) is 1. The second kappa shape index (κ2) is 11.5. The summed E-state index contributed by atoms with van der Waals surface area (Å²) < 4.78 is 29.4. The Kier molecular flexibility index (Phi) is 9.71. The van der Waals surface area contributed by atoms with E-state index in [1.54, 1.807) is 36.4 Å². The van der Waals surface area contributed by atoms with E-state index in [9.17, 15) is 13.9 Å². The average molecular weight is 477 g/mol. The van der Waals surface area contributed by atoms with Crippen LogP contribution in [0.2, 0.25) is 0 Å². The highest BCUT2D eigenvalue weighted by atomic mass is 127. The second-order valence-electron chi connectivity index (χ2n) is 5.20. The van der Waals surface area contributed by atoms with Crippen molar-refractivity contribution in [3.05, 3.63) is 59.7 Å². The van der Waals surface area contributed by atoms with Crippen LogP contribution in [0.5, 0.6) is 11.5 Å². The topological polar surface area (TPSA) is 65.9 Å². The third kappa shape index (κ3) is 7.42. The van der Waals surface area contributed by atoms with Gasteiger partial charge < -0.3 is 20.5 Å².